The first kappa shape index (κ1) is 11.5. The molecule has 0 aromatic rings. The van der Waals surface area contributed by atoms with Gasteiger partial charge in [-0.05, 0) is 13.8 Å². The van der Waals surface area contributed by atoms with Gasteiger partial charge in [0, 0.05) is 0 Å². The van der Waals surface area contributed by atoms with Crippen LogP contribution in [-0.2, 0) is 14.3 Å². The summed E-state index contributed by atoms with van der Waals surface area (Å²) in [6, 6.07) is 0. The molecule has 1 atom stereocenters. The van der Waals surface area contributed by atoms with Crippen molar-refractivity contribution in [1.82, 2.24) is 0 Å². The van der Waals surface area contributed by atoms with E-state index in [1.807, 2.05) is 0 Å². The van der Waals surface area contributed by atoms with Crippen LogP contribution in [0.25, 0.3) is 0 Å². The molecule has 13 heavy (non-hydrogen) atoms. The molecule has 7 heteroatoms. The number of carbonyl (C=O) groups excluding carboxylic acids is 1. The molecule has 0 N–H and O–H groups in total. The normalized spacial score (nSPS) is 11.5. The largest absolute Gasteiger partial charge is 0.508 e. The lowest BCUT2D eigenvalue weighted by molar-refractivity contribution is -0.767. The summed E-state index contributed by atoms with van der Waals surface area (Å²) >= 11 is 0. The number of hydrogen-bond acceptors (Lipinski definition) is 6. The van der Waals surface area contributed by atoms with E-state index < -0.39 is 17.3 Å². The molecule has 0 heterocycles. The summed E-state index contributed by atoms with van der Waals surface area (Å²) in [4.78, 5) is 24.4. The summed E-state index contributed by atoms with van der Waals surface area (Å²) in [5.74, 6) is 0. The molecule has 0 rings (SSSR count). The molecule has 75 valence electrons. The van der Waals surface area contributed by atoms with Crippen molar-refractivity contribution in [2.45, 2.75) is 13.0 Å². The van der Waals surface area contributed by atoms with Gasteiger partial charge in [-0.3, -0.25) is 0 Å². The first-order valence-electron chi connectivity index (χ1n) is 3.46. The number of carbonyl (C=O) groups is 1. The van der Waals surface area contributed by atoms with Gasteiger partial charge >= 0.3 is 6.16 Å². The lowest BCUT2D eigenvalue weighted by atomic mass is 10.4. The molecule has 0 fully saturated rings. The van der Waals surface area contributed by atoms with E-state index in [0.717, 1.165) is 0 Å². The highest BCUT2D eigenvalue weighted by Crippen LogP contribution is 1.93. The number of rotatable bonds is 5. The molecule has 1 radical (unpaired) electrons. The van der Waals surface area contributed by atoms with Gasteiger partial charge in [-0.2, -0.15) is 0 Å². The Balaban J connectivity index is 3.51. The molecule has 0 saturated carbocycles. The van der Waals surface area contributed by atoms with Gasteiger partial charge in [-0.15, -0.1) is 10.1 Å². The van der Waals surface area contributed by atoms with Crippen LogP contribution >= 0.6 is 0 Å². The van der Waals surface area contributed by atoms with E-state index in [4.69, 9.17) is 0 Å². The van der Waals surface area contributed by atoms with E-state index in [-0.39, 0.29) is 13.2 Å². The van der Waals surface area contributed by atoms with Crippen LogP contribution in [0.5, 0.6) is 0 Å². The molecular formula is C6H10NO6. The van der Waals surface area contributed by atoms with Gasteiger partial charge in [0.1, 0.15) is 12.7 Å². The second-order valence-corrected chi connectivity index (χ2v) is 2.05. The quantitative estimate of drug-likeness (QED) is 0.359. The predicted molar refractivity (Wildman–Crippen MR) is 40.2 cm³/mol. The van der Waals surface area contributed by atoms with Crippen molar-refractivity contribution in [2.75, 3.05) is 13.2 Å². The molecule has 0 saturated heterocycles. The van der Waals surface area contributed by atoms with Gasteiger partial charge in [0.05, 0.1) is 6.61 Å². The van der Waals surface area contributed by atoms with E-state index in [1.165, 1.54) is 6.92 Å². The SMILES string of the molecule is [CH2]COC(=O)OC[C@H](C)O[N+](=O)[O-]. The molecule has 0 aromatic heterocycles. The maximum Gasteiger partial charge on any atom is 0.508 e. The second kappa shape index (κ2) is 6.04. The Labute approximate surface area is 74.7 Å². The molecule has 0 amide bonds. The summed E-state index contributed by atoms with van der Waals surface area (Å²) < 4.78 is 8.71. The molecule has 0 aromatic carbocycles. The van der Waals surface area contributed by atoms with Crippen LogP contribution in [0.15, 0.2) is 0 Å². The highest BCUT2D eigenvalue weighted by Gasteiger charge is 2.10. The fraction of sp³-hybridized carbons (Fsp3) is 0.667. The minimum Gasteiger partial charge on any atom is -0.434 e. The van der Waals surface area contributed by atoms with Crippen LogP contribution in [-0.4, -0.2) is 30.6 Å². The van der Waals surface area contributed by atoms with Crippen LogP contribution in [0.2, 0.25) is 0 Å². The van der Waals surface area contributed by atoms with Crippen LogP contribution in [0.4, 0.5) is 4.79 Å². The van der Waals surface area contributed by atoms with E-state index in [1.54, 1.807) is 0 Å². The molecule has 0 bridgehead atoms. The monoisotopic (exact) mass is 192 g/mol. The Kier molecular flexibility index (Phi) is 5.33. The van der Waals surface area contributed by atoms with Gasteiger partial charge in [0.15, 0.2) is 0 Å². The van der Waals surface area contributed by atoms with Crippen molar-refractivity contribution in [1.29, 1.82) is 0 Å². The maximum atomic E-state index is 10.5. The highest BCUT2D eigenvalue weighted by molar-refractivity contribution is 5.59. The van der Waals surface area contributed by atoms with E-state index >= 15 is 0 Å². The maximum absolute atomic E-state index is 10.5. The highest BCUT2D eigenvalue weighted by atomic mass is 17.0. The Bertz CT molecular complexity index is 182. The standard InChI is InChI=1S/C6H10NO6/c1-3-11-6(8)12-4-5(2)13-7(9)10/h5H,1,3-4H2,2H3/t5-/m0/s1. The summed E-state index contributed by atoms with van der Waals surface area (Å²) in [6.45, 7) is 4.34. The topological polar surface area (TPSA) is 87.9 Å². The third kappa shape index (κ3) is 6.85. The average Bonchev–Trinajstić information content (AvgIpc) is 2.00. The minimum atomic E-state index is -0.958. The van der Waals surface area contributed by atoms with E-state index in [0.29, 0.717) is 0 Å². The Morgan fingerprint density at radius 3 is 2.69 bits per heavy atom. The summed E-state index contributed by atoms with van der Waals surface area (Å²) in [6.07, 6.45) is -1.74. The van der Waals surface area contributed by atoms with Gasteiger partial charge < -0.3 is 14.3 Å². The van der Waals surface area contributed by atoms with Crippen molar-refractivity contribution in [3.63, 3.8) is 0 Å². The molecule has 0 aliphatic carbocycles. The third-order valence-corrected chi connectivity index (χ3v) is 0.922. The van der Waals surface area contributed by atoms with Gasteiger partial charge in [0.2, 0.25) is 0 Å². The first-order chi connectivity index (χ1) is 6.06. The minimum absolute atomic E-state index is 0.0523. The van der Waals surface area contributed by atoms with E-state index in [9.17, 15) is 14.9 Å². The van der Waals surface area contributed by atoms with Gasteiger partial charge in [0.25, 0.3) is 5.09 Å². The predicted octanol–water partition coefficient (Wildman–Crippen LogP) is 0.570. The Hall–Kier alpha value is -1.53. The zero-order valence-corrected chi connectivity index (χ0v) is 7.10. The van der Waals surface area contributed by atoms with E-state index in [2.05, 4.69) is 21.2 Å². The molecule has 7 nitrogen and oxygen atoms in total. The fourth-order valence-corrected chi connectivity index (χ4v) is 0.488. The number of hydrogen-bond donors (Lipinski definition) is 0. The van der Waals surface area contributed by atoms with Crippen LogP contribution in [0, 0.1) is 17.0 Å². The molecule has 0 aliphatic rings. The second-order valence-electron chi connectivity index (χ2n) is 2.05. The van der Waals surface area contributed by atoms with Crippen molar-refractivity contribution >= 4 is 6.16 Å². The molecule has 0 aliphatic heterocycles. The fourth-order valence-electron chi connectivity index (χ4n) is 0.488. The molecule has 0 unspecified atom stereocenters. The van der Waals surface area contributed by atoms with Crippen molar-refractivity contribution in [3.8, 4) is 0 Å². The summed E-state index contributed by atoms with van der Waals surface area (Å²) in [7, 11) is 0. The summed E-state index contributed by atoms with van der Waals surface area (Å²) in [5.41, 5.74) is 0. The van der Waals surface area contributed by atoms with Gasteiger partial charge in [-0.1, -0.05) is 0 Å². The Morgan fingerprint density at radius 2 is 2.23 bits per heavy atom. The smallest absolute Gasteiger partial charge is 0.434 e. The Morgan fingerprint density at radius 1 is 1.62 bits per heavy atom. The third-order valence-electron chi connectivity index (χ3n) is 0.922. The van der Waals surface area contributed by atoms with Crippen LogP contribution in [0.1, 0.15) is 6.92 Å². The zero-order valence-electron chi connectivity index (χ0n) is 7.10. The van der Waals surface area contributed by atoms with Gasteiger partial charge in [-0.25, -0.2) is 4.79 Å². The average molecular weight is 192 g/mol. The van der Waals surface area contributed by atoms with Crippen molar-refractivity contribution < 1.29 is 24.2 Å². The van der Waals surface area contributed by atoms with Crippen molar-refractivity contribution in [2.24, 2.45) is 0 Å². The molecular weight excluding hydrogens is 182 g/mol. The lowest BCUT2D eigenvalue weighted by Gasteiger charge is -2.09. The van der Waals surface area contributed by atoms with Crippen molar-refractivity contribution in [3.05, 3.63) is 17.0 Å². The molecule has 0 spiro atoms. The summed E-state index contributed by atoms with van der Waals surface area (Å²) in [5, 5.41) is 8.82. The van der Waals surface area contributed by atoms with Crippen LogP contribution < -0.4 is 0 Å². The number of ether oxygens (including phenoxy) is 2. The lowest BCUT2D eigenvalue weighted by Crippen LogP contribution is -2.22. The number of nitrogens with zero attached hydrogens (tertiary/aromatic N) is 1. The zero-order chi connectivity index (χ0) is 10.3. The first-order valence-corrected chi connectivity index (χ1v) is 3.46. The van der Waals surface area contributed by atoms with Crippen LogP contribution in [0.3, 0.4) is 0 Å².